The quantitative estimate of drug-likeness (QED) is 0.417. The van der Waals surface area contributed by atoms with Gasteiger partial charge >= 0.3 is 12.0 Å². The molecule has 2 atom stereocenters. The van der Waals surface area contributed by atoms with Gasteiger partial charge in [0.1, 0.15) is 12.1 Å². The lowest BCUT2D eigenvalue weighted by atomic mass is 10.1. The summed E-state index contributed by atoms with van der Waals surface area (Å²) in [6, 6.07) is 5.32. The third kappa shape index (κ3) is 5.70. The van der Waals surface area contributed by atoms with E-state index in [0.717, 1.165) is 5.56 Å². The van der Waals surface area contributed by atoms with E-state index in [4.69, 9.17) is 4.74 Å². The Morgan fingerprint density at radius 2 is 1.96 bits per heavy atom. The smallest absolute Gasteiger partial charge is 0.328 e. The number of urea groups is 1. The molecule has 1 aromatic rings. The summed E-state index contributed by atoms with van der Waals surface area (Å²) in [5.74, 6) is -0.474. The first-order valence-electron chi connectivity index (χ1n) is 8.25. The Labute approximate surface area is 148 Å². The van der Waals surface area contributed by atoms with Crippen LogP contribution in [0, 0.1) is 4.91 Å². The number of carbonyl (C=O) groups is 2. The van der Waals surface area contributed by atoms with Gasteiger partial charge in [0.15, 0.2) is 0 Å². The van der Waals surface area contributed by atoms with Gasteiger partial charge in [0.2, 0.25) is 0 Å². The van der Waals surface area contributed by atoms with Crippen LogP contribution in [0.4, 0.5) is 10.5 Å². The molecule has 2 amide bonds. The van der Waals surface area contributed by atoms with Crippen molar-refractivity contribution in [3.8, 4) is 0 Å². The Hall–Kier alpha value is -2.70. The van der Waals surface area contributed by atoms with Crippen molar-refractivity contribution in [3.05, 3.63) is 47.4 Å². The Morgan fingerprint density at radius 3 is 2.44 bits per heavy atom. The minimum atomic E-state index is -0.735. The fourth-order valence-corrected chi connectivity index (χ4v) is 2.30. The summed E-state index contributed by atoms with van der Waals surface area (Å²) in [5, 5.41) is 5.80. The Kier molecular flexibility index (Phi) is 8.32. The van der Waals surface area contributed by atoms with Crippen LogP contribution in [0.1, 0.15) is 38.8 Å². The second kappa shape index (κ2) is 10.2. The lowest BCUT2D eigenvalue weighted by Gasteiger charge is -2.26. The lowest BCUT2D eigenvalue weighted by Crippen LogP contribution is -2.46. The number of ether oxygens (including phenoxy) is 1. The van der Waals surface area contributed by atoms with Crippen LogP contribution in [-0.4, -0.2) is 36.1 Å². The molecule has 0 radical (unpaired) electrons. The third-order valence-corrected chi connectivity index (χ3v) is 3.74. The zero-order valence-corrected chi connectivity index (χ0v) is 14.9. The highest BCUT2D eigenvalue weighted by molar-refractivity contribution is 5.92. The van der Waals surface area contributed by atoms with E-state index < -0.39 is 24.1 Å². The summed E-state index contributed by atoms with van der Waals surface area (Å²) in [6.45, 7) is 9.26. The summed E-state index contributed by atoms with van der Waals surface area (Å²) < 4.78 is 4.96. The number of nitrogens with zero attached hydrogens (tertiary/aromatic N) is 2. The van der Waals surface area contributed by atoms with Crippen molar-refractivity contribution in [2.75, 3.05) is 18.5 Å². The molecule has 0 fully saturated rings. The van der Waals surface area contributed by atoms with Crippen LogP contribution in [-0.2, 0) is 9.53 Å². The Bertz CT molecular complexity index is 601. The molecule has 7 heteroatoms. The Balaban J connectivity index is 2.84. The number of nitrogens with one attached hydrogen (secondary N) is 1. The number of hydrogen-bond donors (Lipinski definition) is 1. The second-order valence-corrected chi connectivity index (χ2v) is 5.45. The standard InChI is InChI=1S/C18H25N3O4/c1-5-12-21(13(4)17(22)25-7-3)18(23)19-15-10-8-14(9-11-15)16(6-2)20-24/h5,8-11,13,16H,1,6-7,12H2,2-4H3,(H,19,23). The van der Waals surface area contributed by atoms with E-state index in [1.54, 1.807) is 44.2 Å². The van der Waals surface area contributed by atoms with Crippen LogP contribution < -0.4 is 5.32 Å². The molecule has 0 aliphatic rings. The average molecular weight is 347 g/mol. The zero-order valence-electron chi connectivity index (χ0n) is 14.9. The molecule has 2 unspecified atom stereocenters. The minimum Gasteiger partial charge on any atom is -0.464 e. The van der Waals surface area contributed by atoms with Crippen LogP contribution in [0.3, 0.4) is 0 Å². The van der Waals surface area contributed by atoms with Gasteiger partial charge < -0.3 is 15.0 Å². The molecule has 0 aliphatic carbocycles. The molecule has 25 heavy (non-hydrogen) atoms. The van der Waals surface area contributed by atoms with Gasteiger partial charge in [0, 0.05) is 12.2 Å². The van der Waals surface area contributed by atoms with Crippen molar-refractivity contribution < 1.29 is 14.3 Å². The van der Waals surface area contributed by atoms with E-state index in [0.29, 0.717) is 12.1 Å². The average Bonchev–Trinajstić information content (AvgIpc) is 2.61. The summed E-state index contributed by atoms with van der Waals surface area (Å²) in [6.07, 6.45) is 2.15. The summed E-state index contributed by atoms with van der Waals surface area (Å²) in [7, 11) is 0. The van der Waals surface area contributed by atoms with E-state index in [1.165, 1.54) is 4.90 Å². The van der Waals surface area contributed by atoms with Crippen LogP contribution >= 0.6 is 0 Å². The van der Waals surface area contributed by atoms with Gasteiger partial charge in [0.05, 0.1) is 6.61 Å². The minimum absolute atomic E-state index is 0.205. The van der Waals surface area contributed by atoms with Crippen molar-refractivity contribution in [1.29, 1.82) is 0 Å². The number of esters is 1. The van der Waals surface area contributed by atoms with Crippen LogP contribution in [0.15, 0.2) is 42.1 Å². The predicted octanol–water partition coefficient (Wildman–Crippen LogP) is 3.88. The SMILES string of the molecule is C=CCN(C(=O)Nc1ccc(C(CC)N=O)cc1)C(C)C(=O)OCC. The summed E-state index contributed by atoms with van der Waals surface area (Å²) >= 11 is 0. The van der Waals surface area contributed by atoms with E-state index in [-0.39, 0.29) is 13.2 Å². The van der Waals surface area contributed by atoms with Gasteiger partial charge in [-0.05, 0) is 38.0 Å². The predicted molar refractivity (Wildman–Crippen MR) is 97.3 cm³/mol. The highest BCUT2D eigenvalue weighted by Gasteiger charge is 2.26. The topological polar surface area (TPSA) is 88.1 Å². The molecule has 1 rings (SSSR count). The first-order valence-corrected chi connectivity index (χ1v) is 8.25. The van der Waals surface area contributed by atoms with E-state index in [1.807, 2.05) is 6.92 Å². The number of amides is 2. The number of benzene rings is 1. The van der Waals surface area contributed by atoms with Gasteiger partial charge in [-0.25, -0.2) is 9.59 Å². The maximum atomic E-state index is 12.5. The highest BCUT2D eigenvalue weighted by atomic mass is 16.5. The number of carbonyl (C=O) groups excluding carboxylic acids is 2. The fourth-order valence-electron chi connectivity index (χ4n) is 2.30. The number of rotatable bonds is 9. The highest BCUT2D eigenvalue weighted by Crippen LogP contribution is 2.22. The van der Waals surface area contributed by atoms with Gasteiger partial charge in [-0.2, -0.15) is 4.91 Å². The van der Waals surface area contributed by atoms with Crippen LogP contribution in [0.5, 0.6) is 0 Å². The molecule has 0 saturated carbocycles. The molecule has 0 heterocycles. The van der Waals surface area contributed by atoms with Crippen LogP contribution in [0.25, 0.3) is 0 Å². The molecule has 1 aromatic carbocycles. The van der Waals surface area contributed by atoms with Gasteiger partial charge in [-0.1, -0.05) is 30.3 Å². The maximum Gasteiger partial charge on any atom is 0.328 e. The normalized spacial score (nSPS) is 12.6. The molecule has 0 saturated heterocycles. The largest absolute Gasteiger partial charge is 0.464 e. The van der Waals surface area contributed by atoms with Crippen molar-refractivity contribution in [2.45, 2.75) is 39.3 Å². The number of hydrogen-bond acceptors (Lipinski definition) is 5. The monoisotopic (exact) mass is 347 g/mol. The number of nitroso groups, excluding NO2 is 1. The Morgan fingerprint density at radius 1 is 1.32 bits per heavy atom. The fraction of sp³-hybridized carbons (Fsp3) is 0.444. The third-order valence-electron chi connectivity index (χ3n) is 3.74. The first-order chi connectivity index (χ1) is 12.0. The lowest BCUT2D eigenvalue weighted by molar-refractivity contribution is -0.147. The molecule has 0 aromatic heterocycles. The molecule has 0 bridgehead atoms. The van der Waals surface area contributed by atoms with Gasteiger partial charge in [0.25, 0.3) is 0 Å². The molecule has 7 nitrogen and oxygen atoms in total. The molecular formula is C18H25N3O4. The molecular weight excluding hydrogens is 322 g/mol. The summed E-state index contributed by atoms with van der Waals surface area (Å²) in [4.78, 5) is 36.5. The molecule has 1 N–H and O–H groups in total. The van der Waals surface area contributed by atoms with E-state index >= 15 is 0 Å². The molecule has 0 aliphatic heterocycles. The van der Waals surface area contributed by atoms with Crippen molar-refractivity contribution >= 4 is 17.7 Å². The van der Waals surface area contributed by atoms with Gasteiger partial charge in [-0.15, -0.1) is 6.58 Å². The van der Waals surface area contributed by atoms with E-state index in [9.17, 15) is 14.5 Å². The van der Waals surface area contributed by atoms with Crippen molar-refractivity contribution in [3.63, 3.8) is 0 Å². The van der Waals surface area contributed by atoms with Gasteiger partial charge in [-0.3, -0.25) is 0 Å². The first kappa shape index (κ1) is 20.3. The zero-order chi connectivity index (χ0) is 18.8. The summed E-state index contributed by atoms with van der Waals surface area (Å²) in [5.41, 5.74) is 1.35. The number of anilines is 1. The molecule has 136 valence electrons. The van der Waals surface area contributed by atoms with Crippen molar-refractivity contribution in [1.82, 2.24) is 4.90 Å². The maximum absolute atomic E-state index is 12.5. The van der Waals surface area contributed by atoms with Crippen LogP contribution in [0.2, 0.25) is 0 Å². The van der Waals surface area contributed by atoms with E-state index in [2.05, 4.69) is 17.1 Å². The van der Waals surface area contributed by atoms with Crippen molar-refractivity contribution in [2.24, 2.45) is 5.18 Å². The second-order valence-electron chi connectivity index (χ2n) is 5.45. The molecule has 0 spiro atoms.